The van der Waals surface area contributed by atoms with Crippen LogP contribution in [0.4, 0.5) is 4.39 Å². The topological polar surface area (TPSA) is 94.4 Å². The molecule has 0 amide bonds. The summed E-state index contributed by atoms with van der Waals surface area (Å²) < 4.78 is 27.5. The van der Waals surface area contributed by atoms with Gasteiger partial charge in [-0.3, -0.25) is 4.98 Å². The molecule has 5 aromatic rings. The molecular weight excluding hydrogens is 509 g/mol. The summed E-state index contributed by atoms with van der Waals surface area (Å²) in [6.07, 6.45) is 5.86. The van der Waals surface area contributed by atoms with Crippen molar-refractivity contribution in [2.75, 3.05) is 6.61 Å². The van der Waals surface area contributed by atoms with E-state index in [1.54, 1.807) is 18.6 Å². The molecule has 1 N–H and O–H groups in total. The van der Waals surface area contributed by atoms with Crippen LogP contribution in [0, 0.1) is 12.7 Å². The summed E-state index contributed by atoms with van der Waals surface area (Å²) in [5, 5.41) is 12.6. The molecule has 0 bridgehead atoms. The summed E-state index contributed by atoms with van der Waals surface area (Å²) in [5.41, 5.74) is 4.64. The lowest BCUT2D eigenvalue weighted by atomic mass is 9.84. The number of aryl methyl sites for hydroxylation is 1. The lowest BCUT2D eigenvalue weighted by Crippen LogP contribution is -2.28. The molecule has 6 rings (SSSR count). The monoisotopic (exact) mass is 537 g/mol. The molecule has 7 nitrogen and oxygen atoms in total. The van der Waals surface area contributed by atoms with Gasteiger partial charge in [-0.25, -0.2) is 19.2 Å². The van der Waals surface area contributed by atoms with E-state index in [0.29, 0.717) is 50.9 Å². The predicted octanol–water partition coefficient (Wildman–Crippen LogP) is 6.84. The standard InChI is InChI=1S/C32H28FN3O4/c1-17-11-23-22(19-14-34-16-35-15-19)12-20(33)13-24(23)28(26(17)30(31(37)38)40-32(2,3)4)21-5-6-25-27-18(8-10-39-25)7-9-36-29(21)27/h5-7,9,11-16,30H,8,10H2,1-4H3,(H,37,38)/t30-/m0/s1. The number of aromatic nitrogens is 3. The third-order valence-electron chi connectivity index (χ3n) is 7.14. The first kappa shape index (κ1) is 25.8. The van der Waals surface area contributed by atoms with Crippen molar-refractivity contribution in [2.45, 2.75) is 45.8 Å². The fourth-order valence-electron chi connectivity index (χ4n) is 5.61. The number of carbonyl (C=O) groups is 1. The number of aliphatic carboxylic acids is 1. The molecule has 0 saturated carbocycles. The highest BCUT2D eigenvalue weighted by molar-refractivity contribution is 6.11. The molecule has 3 heterocycles. The van der Waals surface area contributed by atoms with Gasteiger partial charge >= 0.3 is 5.97 Å². The van der Waals surface area contributed by atoms with Gasteiger partial charge in [0.1, 0.15) is 17.9 Å². The Morgan fingerprint density at radius 1 is 1.07 bits per heavy atom. The van der Waals surface area contributed by atoms with Gasteiger partial charge in [0.05, 0.1) is 17.7 Å². The van der Waals surface area contributed by atoms with Crippen molar-refractivity contribution >= 4 is 27.6 Å². The second-order valence-electron chi connectivity index (χ2n) is 11.0. The number of nitrogens with zero attached hydrogens (tertiary/aromatic N) is 3. The van der Waals surface area contributed by atoms with Gasteiger partial charge in [0, 0.05) is 47.1 Å². The third-order valence-corrected chi connectivity index (χ3v) is 7.14. The van der Waals surface area contributed by atoms with Crippen LogP contribution in [0.1, 0.15) is 43.6 Å². The number of halogens is 1. The van der Waals surface area contributed by atoms with Gasteiger partial charge in [0.15, 0.2) is 6.10 Å². The number of hydrogen-bond donors (Lipinski definition) is 1. The number of rotatable bonds is 5. The first-order chi connectivity index (χ1) is 19.1. The van der Waals surface area contributed by atoms with Crippen LogP contribution in [0.2, 0.25) is 0 Å². The molecule has 0 unspecified atom stereocenters. The third kappa shape index (κ3) is 4.44. The molecule has 8 heteroatoms. The van der Waals surface area contributed by atoms with Crippen molar-refractivity contribution in [2.24, 2.45) is 0 Å². The minimum absolute atomic E-state index is 0.454. The normalized spacial score (nSPS) is 13.8. The van der Waals surface area contributed by atoms with Gasteiger partial charge in [0.25, 0.3) is 0 Å². The van der Waals surface area contributed by atoms with Crippen molar-refractivity contribution in [3.8, 4) is 28.0 Å². The SMILES string of the molecule is Cc1cc2c(-c3cncnc3)cc(F)cc2c(-c2ccc3c4c(ccnc24)CCO3)c1[C@H](OC(C)(C)C)C(=O)O. The van der Waals surface area contributed by atoms with E-state index in [9.17, 15) is 9.90 Å². The highest BCUT2D eigenvalue weighted by Crippen LogP contribution is 2.46. The van der Waals surface area contributed by atoms with Gasteiger partial charge in [-0.1, -0.05) is 6.07 Å². The molecule has 3 aromatic carbocycles. The Hall–Kier alpha value is -4.43. The Bertz CT molecular complexity index is 1790. The molecule has 1 aliphatic rings. The average Bonchev–Trinajstić information content (AvgIpc) is 2.92. The smallest absolute Gasteiger partial charge is 0.337 e. The molecule has 1 aliphatic heterocycles. The zero-order valence-corrected chi connectivity index (χ0v) is 22.7. The van der Waals surface area contributed by atoms with Crippen LogP contribution in [0.15, 0.2) is 61.3 Å². The fourth-order valence-corrected chi connectivity index (χ4v) is 5.61. The second kappa shape index (κ2) is 9.64. The quantitative estimate of drug-likeness (QED) is 0.262. The zero-order valence-electron chi connectivity index (χ0n) is 22.7. The average molecular weight is 538 g/mol. The minimum atomic E-state index is -1.31. The fraction of sp³-hybridized carbons (Fsp3) is 0.250. The Morgan fingerprint density at radius 3 is 2.58 bits per heavy atom. The molecule has 202 valence electrons. The number of pyridine rings is 1. The van der Waals surface area contributed by atoms with Crippen molar-refractivity contribution in [3.63, 3.8) is 0 Å². The van der Waals surface area contributed by atoms with E-state index in [1.165, 1.54) is 18.5 Å². The minimum Gasteiger partial charge on any atom is -0.493 e. The Morgan fingerprint density at radius 2 is 1.85 bits per heavy atom. The van der Waals surface area contributed by atoms with E-state index in [0.717, 1.165) is 28.5 Å². The molecule has 0 radical (unpaired) electrons. The Labute approximate surface area is 230 Å². The predicted molar refractivity (Wildman–Crippen MR) is 151 cm³/mol. The molecule has 40 heavy (non-hydrogen) atoms. The van der Waals surface area contributed by atoms with E-state index in [2.05, 4.69) is 9.97 Å². The van der Waals surface area contributed by atoms with Crippen LogP contribution in [-0.4, -0.2) is 38.2 Å². The van der Waals surface area contributed by atoms with Gasteiger partial charge in [-0.05, 0) is 91.1 Å². The van der Waals surface area contributed by atoms with Crippen LogP contribution < -0.4 is 4.74 Å². The first-order valence-corrected chi connectivity index (χ1v) is 13.1. The lowest BCUT2D eigenvalue weighted by Gasteiger charge is -2.29. The number of carboxylic acids is 1. The van der Waals surface area contributed by atoms with Gasteiger partial charge < -0.3 is 14.6 Å². The number of carboxylic acid groups (broad SMARTS) is 1. The van der Waals surface area contributed by atoms with E-state index in [-0.39, 0.29) is 0 Å². The summed E-state index contributed by atoms with van der Waals surface area (Å²) >= 11 is 0. The Kier molecular flexibility index (Phi) is 6.22. The summed E-state index contributed by atoms with van der Waals surface area (Å²) in [6.45, 7) is 7.86. The summed E-state index contributed by atoms with van der Waals surface area (Å²) in [7, 11) is 0. The maximum Gasteiger partial charge on any atom is 0.337 e. The van der Waals surface area contributed by atoms with Crippen molar-refractivity contribution < 1.29 is 23.8 Å². The largest absolute Gasteiger partial charge is 0.493 e. The van der Waals surface area contributed by atoms with Crippen molar-refractivity contribution in [3.05, 3.63) is 83.8 Å². The van der Waals surface area contributed by atoms with Crippen LogP contribution in [0.3, 0.4) is 0 Å². The second-order valence-corrected chi connectivity index (χ2v) is 11.0. The van der Waals surface area contributed by atoms with E-state index >= 15 is 4.39 Å². The molecule has 0 saturated heterocycles. The van der Waals surface area contributed by atoms with Gasteiger partial charge in [-0.2, -0.15) is 0 Å². The number of fused-ring (bicyclic) bond motifs is 1. The zero-order chi connectivity index (χ0) is 28.2. The van der Waals surface area contributed by atoms with Crippen LogP contribution in [-0.2, 0) is 16.0 Å². The van der Waals surface area contributed by atoms with Crippen molar-refractivity contribution in [1.82, 2.24) is 15.0 Å². The van der Waals surface area contributed by atoms with Gasteiger partial charge in [0.2, 0.25) is 0 Å². The molecule has 0 spiro atoms. The number of ether oxygens (including phenoxy) is 2. The highest BCUT2D eigenvalue weighted by atomic mass is 19.1. The molecule has 1 atom stereocenters. The molecule has 0 aliphatic carbocycles. The summed E-state index contributed by atoms with van der Waals surface area (Å²) in [6, 6.07) is 10.5. The van der Waals surface area contributed by atoms with E-state index in [1.807, 2.05) is 52.0 Å². The lowest BCUT2D eigenvalue weighted by molar-refractivity contribution is -0.160. The maximum absolute atomic E-state index is 15.4. The van der Waals surface area contributed by atoms with Crippen LogP contribution in [0.25, 0.3) is 43.9 Å². The van der Waals surface area contributed by atoms with Crippen LogP contribution >= 0.6 is 0 Å². The summed E-state index contributed by atoms with van der Waals surface area (Å²) in [4.78, 5) is 25.8. The molecular formula is C32H28FN3O4. The first-order valence-electron chi connectivity index (χ1n) is 13.1. The molecule has 0 fully saturated rings. The van der Waals surface area contributed by atoms with E-state index in [4.69, 9.17) is 14.5 Å². The maximum atomic E-state index is 15.4. The highest BCUT2D eigenvalue weighted by Gasteiger charge is 2.33. The number of hydrogen-bond acceptors (Lipinski definition) is 6. The van der Waals surface area contributed by atoms with Crippen molar-refractivity contribution in [1.29, 1.82) is 0 Å². The van der Waals surface area contributed by atoms with Crippen LogP contribution in [0.5, 0.6) is 5.75 Å². The Balaban J connectivity index is 1.78. The van der Waals surface area contributed by atoms with E-state index < -0.39 is 23.5 Å². The van der Waals surface area contributed by atoms with Gasteiger partial charge in [-0.15, -0.1) is 0 Å². The number of benzene rings is 3. The summed E-state index contributed by atoms with van der Waals surface area (Å²) in [5.74, 6) is -0.878. The molecule has 2 aromatic heterocycles.